The van der Waals surface area contributed by atoms with Gasteiger partial charge in [-0.1, -0.05) is 36.8 Å². The zero-order chi connectivity index (χ0) is 16.6. The second-order valence-corrected chi connectivity index (χ2v) is 8.45. The topological polar surface area (TPSA) is 41.1 Å². The Hall–Kier alpha value is -1.06. The van der Waals surface area contributed by atoms with Crippen molar-refractivity contribution in [1.82, 2.24) is 10.6 Å². The quantitative estimate of drug-likeness (QED) is 0.857. The molecule has 4 rings (SSSR count). The van der Waals surface area contributed by atoms with Gasteiger partial charge in [0.15, 0.2) is 0 Å². The van der Waals surface area contributed by atoms with Crippen molar-refractivity contribution in [3.63, 3.8) is 0 Å². The Bertz CT molecular complexity index is 593. The Labute approximate surface area is 157 Å². The summed E-state index contributed by atoms with van der Waals surface area (Å²) in [5.74, 6) is 1.70. The van der Waals surface area contributed by atoms with Crippen LogP contribution in [0.3, 0.4) is 0 Å². The van der Waals surface area contributed by atoms with Crippen LogP contribution in [0.4, 0.5) is 0 Å². The van der Waals surface area contributed by atoms with Crippen molar-refractivity contribution in [2.24, 2.45) is 17.3 Å². The Balaban J connectivity index is 0.00000182. The van der Waals surface area contributed by atoms with Crippen LogP contribution in [0.1, 0.15) is 51.0 Å². The van der Waals surface area contributed by atoms with Gasteiger partial charge in [0.25, 0.3) is 0 Å². The Morgan fingerprint density at radius 1 is 1.20 bits per heavy atom. The molecule has 1 aromatic carbocycles. The van der Waals surface area contributed by atoms with E-state index in [1.54, 1.807) is 0 Å². The lowest BCUT2D eigenvalue weighted by molar-refractivity contribution is -0.135. The van der Waals surface area contributed by atoms with Crippen LogP contribution in [0.25, 0.3) is 0 Å². The molecular formula is C21H31ClN2O. The lowest BCUT2D eigenvalue weighted by Crippen LogP contribution is -2.53. The molecule has 0 spiro atoms. The van der Waals surface area contributed by atoms with Gasteiger partial charge < -0.3 is 10.6 Å². The van der Waals surface area contributed by atoms with Crippen molar-refractivity contribution in [1.29, 1.82) is 0 Å². The van der Waals surface area contributed by atoms with E-state index in [0.717, 1.165) is 38.1 Å². The van der Waals surface area contributed by atoms with E-state index >= 15 is 0 Å². The van der Waals surface area contributed by atoms with Crippen LogP contribution in [0.2, 0.25) is 0 Å². The number of fused-ring (bicyclic) bond motifs is 2. The zero-order valence-electron chi connectivity index (χ0n) is 15.2. The summed E-state index contributed by atoms with van der Waals surface area (Å²) in [5.41, 5.74) is 1.16. The number of nitrogens with one attached hydrogen (secondary N) is 2. The number of carbonyl (C=O) groups excluding carboxylic acids is 1. The van der Waals surface area contributed by atoms with Crippen LogP contribution in [0.5, 0.6) is 0 Å². The molecule has 0 radical (unpaired) electrons. The summed E-state index contributed by atoms with van der Waals surface area (Å²) in [4.78, 5) is 13.4. The molecule has 2 aliphatic carbocycles. The molecular weight excluding hydrogens is 332 g/mol. The average Bonchev–Trinajstić information content (AvgIpc) is 3.17. The van der Waals surface area contributed by atoms with Crippen molar-refractivity contribution < 1.29 is 4.79 Å². The number of hydrogen-bond donors (Lipinski definition) is 2. The van der Waals surface area contributed by atoms with Crippen LogP contribution in [0, 0.1) is 17.3 Å². The SMILES string of the molecule is CC1CC(NC(=O)C2(Cc3ccccc3)CC3CCC2C3)CCN1.Cl. The first kappa shape index (κ1) is 18.7. The fraction of sp³-hybridized carbons (Fsp3) is 0.667. The third kappa shape index (κ3) is 3.73. The standard InChI is InChI=1S/C21H30N2O.ClH/c1-15-11-19(9-10-22-15)23-20(24)21(13-16-5-3-2-4-6-16)14-17-7-8-18(21)12-17;/h2-6,15,17-19,22H,7-14H2,1H3,(H,23,24);1H. The largest absolute Gasteiger partial charge is 0.353 e. The van der Waals surface area contributed by atoms with Crippen molar-refractivity contribution in [3.8, 4) is 0 Å². The van der Waals surface area contributed by atoms with E-state index in [0.29, 0.717) is 23.9 Å². The fourth-order valence-electron chi connectivity index (χ4n) is 5.57. The maximum absolute atomic E-state index is 13.4. The predicted molar refractivity (Wildman–Crippen MR) is 104 cm³/mol. The van der Waals surface area contributed by atoms with Crippen molar-refractivity contribution >= 4 is 18.3 Å². The third-order valence-corrected chi connectivity index (χ3v) is 6.75. The first-order valence-corrected chi connectivity index (χ1v) is 9.74. The number of carbonyl (C=O) groups is 1. The van der Waals surface area contributed by atoms with Crippen LogP contribution < -0.4 is 10.6 Å². The fourth-order valence-corrected chi connectivity index (χ4v) is 5.57. The summed E-state index contributed by atoms with van der Waals surface area (Å²) in [6.45, 7) is 3.24. The average molecular weight is 363 g/mol. The highest BCUT2D eigenvalue weighted by molar-refractivity contribution is 5.85. The summed E-state index contributed by atoms with van der Waals surface area (Å²) in [7, 11) is 0. The Kier molecular flexibility index (Phi) is 5.75. The molecule has 5 unspecified atom stereocenters. The molecule has 1 aliphatic heterocycles. The lowest BCUT2D eigenvalue weighted by atomic mass is 9.68. The van der Waals surface area contributed by atoms with Gasteiger partial charge in [-0.15, -0.1) is 12.4 Å². The highest BCUT2D eigenvalue weighted by atomic mass is 35.5. The maximum Gasteiger partial charge on any atom is 0.227 e. The summed E-state index contributed by atoms with van der Waals surface area (Å²) >= 11 is 0. The van der Waals surface area contributed by atoms with Gasteiger partial charge in [0, 0.05) is 12.1 Å². The van der Waals surface area contributed by atoms with Crippen LogP contribution >= 0.6 is 12.4 Å². The van der Waals surface area contributed by atoms with E-state index < -0.39 is 0 Å². The molecule has 5 atom stereocenters. The monoisotopic (exact) mass is 362 g/mol. The summed E-state index contributed by atoms with van der Waals surface area (Å²) in [6, 6.07) is 11.5. The third-order valence-electron chi connectivity index (χ3n) is 6.75. The molecule has 4 heteroatoms. The van der Waals surface area contributed by atoms with Crippen LogP contribution in [-0.2, 0) is 11.2 Å². The minimum Gasteiger partial charge on any atom is -0.353 e. The minimum absolute atomic E-state index is 0. The van der Waals surface area contributed by atoms with Gasteiger partial charge in [0.2, 0.25) is 5.91 Å². The molecule has 138 valence electrons. The molecule has 2 bridgehead atoms. The molecule has 3 fully saturated rings. The Morgan fingerprint density at radius 3 is 2.64 bits per heavy atom. The van der Waals surface area contributed by atoms with E-state index in [9.17, 15) is 4.79 Å². The molecule has 0 aromatic heterocycles. The number of amides is 1. The second kappa shape index (κ2) is 7.67. The first-order chi connectivity index (χ1) is 11.7. The van der Waals surface area contributed by atoms with Gasteiger partial charge in [-0.05, 0) is 69.4 Å². The number of rotatable bonds is 4. The molecule has 1 saturated heterocycles. The van der Waals surface area contributed by atoms with E-state index in [1.807, 2.05) is 0 Å². The van der Waals surface area contributed by atoms with Crippen LogP contribution in [0.15, 0.2) is 30.3 Å². The molecule has 1 heterocycles. The van der Waals surface area contributed by atoms with Gasteiger partial charge in [-0.3, -0.25) is 4.79 Å². The number of hydrogen-bond acceptors (Lipinski definition) is 2. The molecule has 1 amide bonds. The normalized spacial score (nSPS) is 36.7. The number of benzene rings is 1. The molecule has 3 nitrogen and oxygen atoms in total. The van der Waals surface area contributed by atoms with Crippen molar-refractivity contribution in [2.75, 3.05) is 6.54 Å². The zero-order valence-corrected chi connectivity index (χ0v) is 16.0. The maximum atomic E-state index is 13.4. The highest BCUT2D eigenvalue weighted by Crippen LogP contribution is 2.57. The summed E-state index contributed by atoms with van der Waals surface area (Å²) < 4.78 is 0. The van der Waals surface area contributed by atoms with Crippen molar-refractivity contribution in [2.45, 2.75) is 64.0 Å². The van der Waals surface area contributed by atoms with E-state index in [4.69, 9.17) is 0 Å². The predicted octanol–water partition coefficient (Wildman–Crippen LogP) is 3.71. The minimum atomic E-state index is -0.154. The molecule has 25 heavy (non-hydrogen) atoms. The van der Waals surface area contributed by atoms with E-state index in [1.165, 1.54) is 24.8 Å². The van der Waals surface area contributed by atoms with Gasteiger partial charge in [0.1, 0.15) is 0 Å². The van der Waals surface area contributed by atoms with E-state index in [2.05, 4.69) is 47.9 Å². The van der Waals surface area contributed by atoms with E-state index in [-0.39, 0.29) is 17.8 Å². The van der Waals surface area contributed by atoms with Gasteiger partial charge in [-0.2, -0.15) is 0 Å². The second-order valence-electron chi connectivity index (χ2n) is 8.45. The van der Waals surface area contributed by atoms with Crippen molar-refractivity contribution in [3.05, 3.63) is 35.9 Å². The first-order valence-electron chi connectivity index (χ1n) is 9.74. The summed E-state index contributed by atoms with van der Waals surface area (Å²) in [6.07, 6.45) is 7.97. The molecule has 2 saturated carbocycles. The lowest BCUT2D eigenvalue weighted by Gasteiger charge is -2.39. The van der Waals surface area contributed by atoms with Gasteiger partial charge in [0.05, 0.1) is 5.41 Å². The van der Waals surface area contributed by atoms with Crippen LogP contribution in [-0.4, -0.2) is 24.5 Å². The smallest absolute Gasteiger partial charge is 0.227 e. The number of halogens is 1. The van der Waals surface area contributed by atoms with Gasteiger partial charge in [-0.25, -0.2) is 0 Å². The highest BCUT2D eigenvalue weighted by Gasteiger charge is 2.55. The molecule has 2 N–H and O–H groups in total. The van der Waals surface area contributed by atoms with Gasteiger partial charge >= 0.3 is 0 Å². The molecule has 3 aliphatic rings. The molecule has 1 aromatic rings. The summed E-state index contributed by atoms with van der Waals surface area (Å²) in [5, 5.41) is 6.94. The number of piperidine rings is 1. The Morgan fingerprint density at radius 2 is 2.00 bits per heavy atom.